The zero-order chi connectivity index (χ0) is 11.6. The summed E-state index contributed by atoms with van der Waals surface area (Å²) in [5.74, 6) is 0. The average Bonchev–Trinajstić information content (AvgIpc) is 1.99. The van der Waals surface area contributed by atoms with Gasteiger partial charge in [-0.1, -0.05) is 17.7 Å². The van der Waals surface area contributed by atoms with Crippen molar-refractivity contribution in [3.63, 3.8) is 0 Å². The van der Waals surface area contributed by atoms with Crippen LogP contribution in [0.15, 0.2) is 23.1 Å². The third kappa shape index (κ3) is 3.65. The highest BCUT2D eigenvalue weighted by Crippen LogP contribution is 2.25. The lowest BCUT2D eigenvalue weighted by Gasteiger charge is -2.10. The Bertz CT molecular complexity index is 457. The maximum absolute atomic E-state index is 11.1. The van der Waals surface area contributed by atoms with E-state index in [-0.39, 0.29) is 9.92 Å². The van der Waals surface area contributed by atoms with E-state index in [1.54, 1.807) is 12.1 Å². The normalized spacial score (nSPS) is 12.1. The van der Waals surface area contributed by atoms with Crippen LogP contribution in [0.3, 0.4) is 0 Å². The van der Waals surface area contributed by atoms with Gasteiger partial charge in [0.15, 0.2) is 0 Å². The monoisotopic (exact) mass is 267 g/mol. The Balaban J connectivity index is 3.09. The second kappa shape index (κ2) is 4.70. The second-order valence-corrected chi connectivity index (χ2v) is 6.38. The number of halogens is 2. The molecule has 0 amide bonds. The van der Waals surface area contributed by atoms with Gasteiger partial charge < -0.3 is 4.90 Å². The van der Waals surface area contributed by atoms with Crippen LogP contribution < -0.4 is 0 Å². The summed E-state index contributed by atoms with van der Waals surface area (Å²) in [7, 11) is 5.28. The van der Waals surface area contributed by atoms with E-state index in [1.807, 2.05) is 19.0 Å². The van der Waals surface area contributed by atoms with Crippen molar-refractivity contribution in [2.24, 2.45) is 0 Å². The molecule has 1 aromatic carbocycles. The number of nitrogens with zero attached hydrogens (tertiary/aromatic N) is 1. The molecular weight excluding hydrogens is 257 g/mol. The van der Waals surface area contributed by atoms with Crippen LogP contribution in [-0.2, 0) is 15.6 Å². The van der Waals surface area contributed by atoms with Gasteiger partial charge in [0.1, 0.15) is 4.90 Å². The molecule has 6 heteroatoms. The van der Waals surface area contributed by atoms with Gasteiger partial charge in [-0.3, -0.25) is 0 Å². The van der Waals surface area contributed by atoms with Crippen LogP contribution >= 0.6 is 22.3 Å². The molecule has 0 atom stereocenters. The fourth-order valence-electron chi connectivity index (χ4n) is 1.21. The fraction of sp³-hybridized carbons (Fsp3) is 0.333. The molecule has 0 unspecified atom stereocenters. The van der Waals surface area contributed by atoms with Gasteiger partial charge in [0.25, 0.3) is 9.05 Å². The molecule has 84 valence electrons. The first-order chi connectivity index (χ1) is 6.80. The summed E-state index contributed by atoms with van der Waals surface area (Å²) >= 11 is 5.82. The molecule has 0 aliphatic rings. The molecule has 0 N–H and O–H groups in total. The topological polar surface area (TPSA) is 37.4 Å². The van der Waals surface area contributed by atoms with E-state index >= 15 is 0 Å². The standard InChI is InChI=1S/C9H11Cl2NO2S/c1-12(2)6-7-3-4-9(8(10)5-7)15(11,13)14/h3-5H,6H2,1-2H3. The van der Waals surface area contributed by atoms with Gasteiger partial charge in [0.2, 0.25) is 0 Å². The van der Waals surface area contributed by atoms with Crippen molar-refractivity contribution in [1.82, 2.24) is 4.90 Å². The molecule has 0 heterocycles. The van der Waals surface area contributed by atoms with Crippen molar-refractivity contribution in [2.45, 2.75) is 11.4 Å². The van der Waals surface area contributed by atoms with Crippen molar-refractivity contribution in [3.05, 3.63) is 28.8 Å². The first kappa shape index (κ1) is 12.8. The zero-order valence-electron chi connectivity index (χ0n) is 8.37. The van der Waals surface area contributed by atoms with Crippen LogP contribution in [0.25, 0.3) is 0 Å². The van der Waals surface area contributed by atoms with Gasteiger partial charge in [0.05, 0.1) is 5.02 Å². The SMILES string of the molecule is CN(C)Cc1ccc(S(=O)(=O)Cl)c(Cl)c1. The Hall–Kier alpha value is -0.290. The van der Waals surface area contributed by atoms with E-state index in [1.165, 1.54) is 6.07 Å². The molecule has 0 spiro atoms. The van der Waals surface area contributed by atoms with Gasteiger partial charge in [-0.25, -0.2) is 8.42 Å². The van der Waals surface area contributed by atoms with Gasteiger partial charge in [-0.2, -0.15) is 0 Å². The zero-order valence-corrected chi connectivity index (χ0v) is 10.7. The van der Waals surface area contributed by atoms with Gasteiger partial charge in [-0.15, -0.1) is 0 Å². The minimum Gasteiger partial charge on any atom is -0.305 e. The summed E-state index contributed by atoms with van der Waals surface area (Å²) < 4.78 is 22.1. The predicted molar refractivity (Wildman–Crippen MR) is 61.9 cm³/mol. The minimum atomic E-state index is -3.75. The molecule has 0 radical (unpaired) electrons. The van der Waals surface area contributed by atoms with Gasteiger partial charge in [-0.05, 0) is 31.8 Å². The van der Waals surface area contributed by atoms with E-state index in [0.29, 0.717) is 6.54 Å². The first-order valence-electron chi connectivity index (χ1n) is 4.18. The Labute approximate surface area is 99.0 Å². The molecule has 1 rings (SSSR count). The summed E-state index contributed by atoms with van der Waals surface area (Å²) in [6.45, 7) is 0.697. The van der Waals surface area contributed by atoms with Crippen LogP contribution in [-0.4, -0.2) is 27.4 Å². The highest BCUT2D eigenvalue weighted by Gasteiger charge is 2.14. The summed E-state index contributed by atoms with van der Waals surface area (Å²) in [5, 5.41) is 0.157. The predicted octanol–water partition coefficient (Wildman–Crippen LogP) is 2.33. The van der Waals surface area contributed by atoms with E-state index in [9.17, 15) is 8.42 Å². The number of hydrogen-bond acceptors (Lipinski definition) is 3. The van der Waals surface area contributed by atoms with Gasteiger partial charge >= 0.3 is 0 Å². The Kier molecular flexibility index (Phi) is 4.00. The summed E-state index contributed by atoms with van der Waals surface area (Å²) in [4.78, 5) is 1.91. The molecule has 0 saturated heterocycles. The van der Waals surface area contributed by atoms with Crippen LogP contribution in [0.4, 0.5) is 0 Å². The van der Waals surface area contributed by atoms with Crippen LogP contribution in [0.5, 0.6) is 0 Å². The van der Waals surface area contributed by atoms with E-state index in [2.05, 4.69) is 0 Å². The fourth-order valence-corrected chi connectivity index (χ4v) is 2.76. The Morgan fingerprint density at radius 2 is 1.93 bits per heavy atom. The van der Waals surface area contributed by atoms with Crippen molar-refractivity contribution in [3.8, 4) is 0 Å². The lowest BCUT2D eigenvalue weighted by Crippen LogP contribution is -2.10. The third-order valence-corrected chi connectivity index (χ3v) is 3.56. The molecule has 0 aliphatic heterocycles. The molecule has 1 aromatic rings. The summed E-state index contributed by atoms with van der Waals surface area (Å²) in [6.07, 6.45) is 0. The molecule has 0 saturated carbocycles. The van der Waals surface area contributed by atoms with E-state index in [0.717, 1.165) is 5.56 Å². The molecule has 0 bridgehead atoms. The average molecular weight is 268 g/mol. The Morgan fingerprint density at radius 3 is 2.33 bits per heavy atom. The highest BCUT2D eigenvalue weighted by atomic mass is 35.7. The van der Waals surface area contributed by atoms with Crippen molar-refractivity contribution in [1.29, 1.82) is 0 Å². The largest absolute Gasteiger partial charge is 0.305 e. The smallest absolute Gasteiger partial charge is 0.262 e. The van der Waals surface area contributed by atoms with Crippen molar-refractivity contribution >= 4 is 31.3 Å². The highest BCUT2D eigenvalue weighted by molar-refractivity contribution is 8.13. The minimum absolute atomic E-state index is 0.0478. The number of hydrogen-bond donors (Lipinski definition) is 0. The molecule has 15 heavy (non-hydrogen) atoms. The third-order valence-electron chi connectivity index (χ3n) is 1.76. The summed E-state index contributed by atoms with van der Waals surface area (Å²) in [5.41, 5.74) is 0.939. The van der Waals surface area contributed by atoms with Crippen LogP contribution in [0, 0.1) is 0 Å². The molecular formula is C9H11Cl2NO2S. The maximum atomic E-state index is 11.1. The Morgan fingerprint density at radius 1 is 1.33 bits per heavy atom. The molecule has 0 aromatic heterocycles. The van der Waals surface area contributed by atoms with Crippen molar-refractivity contribution in [2.75, 3.05) is 14.1 Å². The molecule has 3 nitrogen and oxygen atoms in total. The maximum Gasteiger partial charge on any atom is 0.262 e. The molecule has 0 aliphatic carbocycles. The lowest BCUT2D eigenvalue weighted by molar-refractivity contribution is 0.402. The van der Waals surface area contributed by atoms with Crippen LogP contribution in [0.1, 0.15) is 5.56 Å². The second-order valence-electron chi connectivity index (χ2n) is 3.44. The quantitative estimate of drug-likeness (QED) is 0.789. The van der Waals surface area contributed by atoms with Gasteiger partial charge in [0, 0.05) is 17.2 Å². The number of rotatable bonds is 3. The van der Waals surface area contributed by atoms with E-state index in [4.69, 9.17) is 22.3 Å². The summed E-state index contributed by atoms with van der Waals surface area (Å²) in [6, 6.07) is 4.72. The molecule has 0 fully saturated rings. The first-order valence-corrected chi connectivity index (χ1v) is 6.87. The lowest BCUT2D eigenvalue weighted by atomic mass is 10.2. The number of benzene rings is 1. The van der Waals surface area contributed by atoms with E-state index < -0.39 is 9.05 Å². The van der Waals surface area contributed by atoms with Crippen LogP contribution in [0.2, 0.25) is 5.02 Å². The van der Waals surface area contributed by atoms with Crippen molar-refractivity contribution < 1.29 is 8.42 Å².